The van der Waals surface area contributed by atoms with Gasteiger partial charge >= 0.3 is 0 Å². The molecule has 1 fully saturated rings. The minimum Gasteiger partial charge on any atom is -0.315 e. The highest BCUT2D eigenvalue weighted by Crippen LogP contribution is 2.09. The highest BCUT2D eigenvalue weighted by Gasteiger charge is 2.16. The third-order valence-electron chi connectivity index (χ3n) is 2.62. The number of rotatable bonds is 2. The van der Waals surface area contributed by atoms with E-state index in [-0.39, 0.29) is 0 Å². The number of nitrogens with one attached hydrogen (secondary N) is 1. The van der Waals surface area contributed by atoms with E-state index in [2.05, 4.69) is 24.1 Å². The summed E-state index contributed by atoms with van der Waals surface area (Å²) >= 11 is 0. The molecule has 0 radical (unpaired) electrons. The van der Waals surface area contributed by atoms with E-state index in [1.165, 1.54) is 39.0 Å². The van der Waals surface area contributed by atoms with Crippen LogP contribution in [0.4, 0.5) is 0 Å². The van der Waals surface area contributed by atoms with Crippen molar-refractivity contribution in [1.29, 1.82) is 0 Å². The van der Waals surface area contributed by atoms with Gasteiger partial charge in [-0.05, 0) is 25.9 Å². The zero-order valence-corrected chi connectivity index (χ0v) is 7.77. The van der Waals surface area contributed by atoms with Gasteiger partial charge in [-0.25, -0.2) is 0 Å². The molecule has 0 bridgehead atoms. The van der Waals surface area contributed by atoms with Gasteiger partial charge < -0.3 is 5.32 Å². The van der Waals surface area contributed by atoms with Crippen LogP contribution in [0.2, 0.25) is 0 Å². The predicted molar refractivity (Wildman–Crippen MR) is 48.8 cm³/mol. The summed E-state index contributed by atoms with van der Waals surface area (Å²) < 4.78 is 0. The molecule has 1 N–H and O–H groups in total. The summed E-state index contributed by atoms with van der Waals surface area (Å²) in [7, 11) is 0. The average Bonchev–Trinajstić information content (AvgIpc) is 2.27. The zero-order valence-electron chi connectivity index (χ0n) is 7.77. The highest BCUT2D eigenvalue weighted by atomic mass is 15.2. The summed E-state index contributed by atoms with van der Waals surface area (Å²) in [5.74, 6) is 0. The van der Waals surface area contributed by atoms with Gasteiger partial charge in [-0.15, -0.1) is 0 Å². The molecule has 1 rings (SSSR count). The first-order valence-corrected chi connectivity index (χ1v) is 4.83. The maximum Gasteiger partial charge on any atom is 0.0110 e. The fourth-order valence-corrected chi connectivity index (χ4v) is 1.86. The van der Waals surface area contributed by atoms with Crippen LogP contribution in [-0.4, -0.2) is 37.1 Å². The largest absolute Gasteiger partial charge is 0.315 e. The van der Waals surface area contributed by atoms with Crippen LogP contribution in [0.1, 0.15) is 26.7 Å². The SMILES string of the molecule is CCC1CCNCCN1CC. The van der Waals surface area contributed by atoms with Gasteiger partial charge in [0.05, 0.1) is 0 Å². The van der Waals surface area contributed by atoms with Crippen molar-refractivity contribution in [3.05, 3.63) is 0 Å². The molecule has 1 unspecified atom stereocenters. The molecule has 1 atom stereocenters. The van der Waals surface area contributed by atoms with Crippen LogP contribution in [0, 0.1) is 0 Å². The molecule has 0 aromatic rings. The van der Waals surface area contributed by atoms with Gasteiger partial charge in [0.1, 0.15) is 0 Å². The molecular formula is C9H20N2. The molecule has 0 amide bonds. The standard InChI is InChI=1S/C9H20N2/c1-3-9-5-6-10-7-8-11(9)4-2/h9-10H,3-8H2,1-2H3. The molecule has 0 aromatic carbocycles. The third-order valence-corrected chi connectivity index (χ3v) is 2.62. The molecule has 1 saturated heterocycles. The van der Waals surface area contributed by atoms with E-state index in [4.69, 9.17) is 0 Å². The average molecular weight is 156 g/mol. The monoisotopic (exact) mass is 156 g/mol. The predicted octanol–water partition coefficient (Wildman–Crippen LogP) is 1.08. The minimum absolute atomic E-state index is 0.829. The van der Waals surface area contributed by atoms with Gasteiger partial charge in [0.2, 0.25) is 0 Å². The quantitative estimate of drug-likeness (QED) is 0.643. The van der Waals surface area contributed by atoms with E-state index in [1.54, 1.807) is 0 Å². The molecule has 1 aliphatic rings. The Morgan fingerprint density at radius 2 is 2.18 bits per heavy atom. The molecule has 0 spiro atoms. The summed E-state index contributed by atoms with van der Waals surface area (Å²) in [4.78, 5) is 2.58. The maximum atomic E-state index is 3.43. The second kappa shape index (κ2) is 4.73. The van der Waals surface area contributed by atoms with Crippen molar-refractivity contribution in [2.75, 3.05) is 26.2 Å². The Balaban J connectivity index is 2.41. The van der Waals surface area contributed by atoms with Gasteiger partial charge in [-0.1, -0.05) is 13.8 Å². The smallest absolute Gasteiger partial charge is 0.0110 e. The Bertz CT molecular complexity index is 91.7. The van der Waals surface area contributed by atoms with E-state index in [0.717, 1.165) is 6.04 Å². The van der Waals surface area contributed by atoms with Crippen LogP contribution in [-0.2, 0) is 0 Å². The fraction of sp³-hybridized carbons (Fsp3) is 1.00. The van der Waals surface area contributed by atoms with Crippen LogP contribution in [0.5, 0.6) is 0 Å². The molecular weight excluding hydrogens is 136 g/mol. The van der Waals surface area contributed by atoms with Crippen LogP contribution in [0.15, 0.2) is 0 Å². The van der Waals surface area contributed by atoms with E-state index in [0.29, 0.717) is 0 Å². The van der Waals surface area contributed by atoms with Crippen molar-refractivity contribution in [2.45, 2.75) is 32.7 Å². The molecule has 2 heteroatoms. The molecule has 0 saturated carbocycles. The van der Waals surface area contributed by atoms with Crippen molar-refractivity contribution in [3.63, 3.8) is 0 Å². The lowest BCUT2D eigenvalue weighted by atomic mass is 10.1. The Kier molecular flexibility index (Phi) is 3.87. The molecule has 0 aromatic heterocycles. The summed E-state index contributed by atoms with van der Waals surface area (Å²) in [6, 6.07) is 0.829. The molecule has 1 aliphatic heterocycles. The number of hydrogen-bond donors (Lipinski definition) is 1. The van der Waals surface area contributed by atoms with Crippen LogP contribution in [0.25, 0.3) is 0 Å². The zero-order chi connectivity index (χ0) is 8.10. The van der Waals surface area contributed by atoms with E-state index in [1.807, 2.05) is 0 Å². The molecule has 11 heavy (non-hydrogen) atoms. The van der Waals surface area contributed by atoms with E-state index < -0.39 is 0 Å². The topological polar surface area (TPSA) is 15.3 Å². The summed E-state index contributed by atoms with van der Waals surface area (Å²) in [6.07, 6.45) is 2.62. The third kappa shape index (κ3) is 2.46. The van der Waals surface area contributed by atoms with Crippen molar-refractivity contribution < 1.29 is 0 Å². The lowest BCUT2D eigenvalue weighted by Gasteiger charge is -2.26. The maximum absolute atomic E-state index is 3.43. The number of nitrogens with zero attached hydrogens (tertiary/aromatic N) is 1. The van der Waals surface area contributed by atoms with Crippen molar-refractivity contribution in [1.82, 2.24) is 10.2 Å². The van der Waals surface area contributed by atoms with E-state index >= 15 is 0 Å². The first-order valence-electron chi connectivity index (χ1n) is 4.83. The lowest BCUT2D eigenvalue weighted by molar-refractivity contribution is 0.211. The lowest BCUT2D eigenvalue weighted by Crippen LogP contribution is -2.35. The van der Waals surface area contributed by atoms with Crippen LogP contribution >= 0.6 is 0 Å². The number of likely N-dealkylation sites (N-methyl/N-ethyl adjacent to an activating group) is 1. The fourth-order valence-electron chi connectivity index (χ4n) is 1.86. The van der Waals surface area contributed by atoms with Crippen molar-refractivity contribution in [3.8, 4) is 0 Å². The van der Waals surface area contributed by atoms with Crippen LogP contribution in [0.3, 0.4) is 0 Å². The minimum atomic E-state index is 0.829. The molecule has 66 valence electrons. The summed E-state index contributed by atoms with van der Waals surface area (Å²) in [5.41, 5.74) is 0. The van der Waals surface area contributed by atoms with Crippen molar-refractivity contribution >= 4 is 0 Å². The Morgan fingerprint density at radius 1 is 1.36 bits per heavy atom. The molecule has 1 heterocycles. The van der Waals surface area contributed by atoms with Gasteiger partial charge in [0.15, 0.2) is 0 Å². The molecule has 0 aliphatic carbocycles. The second-order valence-electron chi connectivity index (χ2n) is 3.23. The number of hydrogen-bond acceptors (Lipinski definition) is 2. The summed E-state index contributed by atoms with van der Waals surface area (Å²) in [5, 5.41) is 3.43. The second-order valence-corrected chi connectivity index (χ2v) is 3.23. The Morgan fingerprint density at radius 3 is 2.82 bits per heavy atom. The van der Waals surface area contributed by atoms with Gasteiger partial charge in [0, 0.05) is 19.1 Å². The Hall–Kier alpha value is -0.0800. The normalized spacial score (nSPS) is 28.4. The van der Waals surface area contributed by atoms with Crippen LogP contribution < -0.4 is 5.32 Å². The van der Waals surface area contributed by atoms with Gasteiger partial charge in [-0.2, -0.15) is 0 Å². The van der Waals surface area contributed by atoms with Gasteiger partial charge in [0.25, 0.3) is 0 Å². The highest BCUT2D eigenvalue weighted by molar-refractivity contribution is 4.74. The van der Waals surface area contributed by atoms with E-state index in [9.17, 15) is 0 Å². The first-order chi connectivity index (χ1) is 5.38. The summed E-state index contributed by atoms with van der Waals surface area (Å²) in [6.45, 7) is 9.36. The Labute approximate surface area is 70.0 Å². The van der Waals surface area contributed by atoms with Gasteiger partial charge in [-0.3, -0.25) is 4.90 Å². The van der Waals surface area contributed by atoms with Crippen molar-refractivity contribution in [2.24, 2.45) is 0 Å². The first kappa shape index (κ1) is 9.01. The molecule has 2 nitrogen and oxygen atoms in total.